The van der Waals surface area contributed by atoms with Crippen LogP contribution in [0.2, 0.25) is 10.0 Å². The van der Waals surface area contributed by atoms with Crippen LogP contribution >= 0.6 is 35.4 Å². The van der Waals surface area contributed by atoms with E-state index in [4.69, 9.17) is 49.3 Å². The summed E-state index contributed by atoms with van der Waals surface area (Å²) in [7, 11) is 0. The minimum atomic E-state index is -0.465. The Morgan fingerprint density at radius 1 is 1.25 bits per heavy atom. The van der Waals surface area contributed by atoms with Crippen molar-refractivity contribution in [1.82, 2.24) is 16.2 Å². The molecule has 1 atom stereocenters. The summed E-state index contributed by atoms with van der Waals surface area (Å²) in [6, 6.07) is 8.09. The molecule has 3 rings (SSSR count). The Bertz CT molecular complexity index is 840. The minimum absolute atomic E-state index is 0.0993. The minimum Gasteiger partial charge on any atom is -0.484 e. The second-order valence-electron chi connectivity index (χ2n) is 6.05. The lowest BCUT2D eigenvalue weighted by Gasteiger charge is -2.14. The summed E-state index contributed by atoms with van der Waals surface area (Å²) in [5.74, 6) is 0.541. The molecule has 0 saturated carbocycles. The van der Waals surface area contributed by atoms with Crippen molar-refractivity contribution >= 4 is 46.4 Å². The number of amides is 1. The van der Waals surface area contributed by atoms with E-state index in [9.17, 15) is 4.79 Å². The highest BCUT2D eigenvalue weighted by Gasteiger charge is 2.16. The molecule has 3 N–H and O–H groups in total. The lowest BCUT2D eigenvalue weighted by atomic mass is 10.2. The zero-order valence-electron chi connectivity index (χ0n) is 14.8. The molecular weight excluding hydrogens is 425 g/mol. The molecule has 1 saturated heterocycles. The van der Waals surface area contributed by atoms with Crippen LogP contribution in [0.4, 0.5) is 0 Å². The summed E-state index contributed by atoms with van der Waals surface area (Å²) >= 11 is 17.1. The van der Waals surface area contributed by atoms with E-state index >= 15 is 0 Å². The summed E-state index contributed by atoms with van der Waals surface area (Å²) in [5, 5.41) is 4.23. The maximum absolute atomic E-state index is 12.1. The van der Waals surface area contributed by atoms with Crippen LogP contribution in [-0.2, 0) is 11.3 Å². The van der Waals surface area contributed by atoms with E-state index < -0.39 is 5.91 Å². The van der Waals surface area contributed by atoms with Gasteiger partial charge in [0.05, 0.1) is 11.1 Å². The number of rotatable bonds is 6. The van der Waals surface area contributed by atoms with Gasteiger partial charge in [-0.25, -0.2) is 0 Å². The average molecular weight is 444 g/mol. The molecular formula is C18H19Cl2N3O4S. The summed E-state index contributed by atoms with van der Waals surface area (Å²) in [6.45, 7) is 1.47. The van der Waals surface area contributed by atoms with Gasteiger partial charge >= 0.3 is 5.91 Å². The molecule has 0 aliphatic carbocycles. The number of hydrogen-bond acceptors (Lipinski definition) is 5. The smallest absolute Gasteiger partial charge is 0.305 e. The second kappa shape index (κ2) is 9.97. The van der Waals surface area contributed by atoms with E-state index in [2.05, 4.69) is 16.2 Å². The lowest BCUT2D eigenvalue weighted by Crippen LogP contribution is -2.48. The normalized spacial score (nSPS) is 15.9. The quantitative estimate of drug-likeness (QED) is 0.465. The zero-order valence-corrected chi connectivity index (χ0v) is 17.1. The fourth-order valence-electron chi connectivity index (χ4n) is 2.55. The van der Waals surface area contributed by atoms with Gasteiger partial charge in [0.25, 0.3) is 0 Å². The third-order valence-electron chi connectivity index (χ3n) is 3.95. The molecule has 2 aromatic rings. The van der Waals surface area contributed by atoms with Crippen LogP contribution in [0.3, 0.4) is 0 Å². The van der Waals surface area contributed by atoms with Crippen molar-refractivity contribution < 1.29 is 18.7 Å². The molecule has 1 aliphatic heterocycles. The van der Waals surface area contributed by atoms with E-state index in [1.54, 1.807) is 24.3 Å². The summed E-state index contributed by atoms with van der Waals surface area (Å²) in [4.78, 5) is 12.1. The molecule has 1 aliphatic rings. The SMILES string of the molecule is O=C(NNC(=S)NCC1CCCO1)c1ccc(COc2cc(Cl)ccc2Cl)o1. The van der Waals surface area contributed by atoms with Gasteiger partial charge in [-0.2, -0.15) is 0 Å². The highest BCUT2D eigenvalue weighted by Crippen LogP contribution is 2.28. The first-order chi connectivity index (χ1) is 13.5. The summed E-state index contributed by atoms with van der Waals surface area (Å²) in [5.41, 5.74) is 5.10. The number of carbonyl (C=O) groups is 1. The number of nitrogens with one attached hydrogen (secondary N) is 3. The maximum Gasteiger partial charge on any atom is 0.305 e. The number of hydrazine groups is 1. The highest BCUT2D eigenvalue weighted by atomic mass is 35.5. The van der Waals surface area contributed by atoms with Crippen molar-refractivity contribution in [2.45, 2.75) is 25.6 Å². The van der Waals surface area contributed by atoms with Crippen molar-refractivity contribution in [1.29, 1.82) is 0 Å². The van der Waals surface area contributed by atoms with Gasteiger partial charge in [0, 0.05) is 24.2 Å². The molecule has 10 heteroatoms. The van der Waals surface area contributed by atoms with Gasteiger partial charge < -0.3 is 19.2 Å². The van der Waals surface area contributed by atoms with Gasteiger partial charge in [-0.15, -0.1) is 0 Å². The van der Waals surface area contributed by atoms with Crippen molar-refractivity contribution in [3.05, 3.63) is 51.9 Å². The predicted molar refractivity (Wildman–Crippen MR) is 110 cm³/mol. The third-order valence-corrected chi connectivity index (χ3v) is 4.75. The molecule has 1 fully saturated rings. The van der Waals surface area contributed by atoms with Gasteiger partial charge in [0.15, 0.2) is 10.9 Å². The Labute approximate surface area is 177 Å². The number of benzene rings is 1. The Kier molecular flexibility index (Phi) is 7.38. The van der Waals surface area contributed by atoms with Gasteiger partial charge in [0.1, 0.15) is 18.1 Å². The first-order valence-corrected chi connectivity index (χ1v) is 9.80. The molecule has 0 bridgehead atoms. The largest absolute Gasteiger partial charge is 0.484 e. The second-order valence-corrected chi connectivity index (χ2v) is 7.31. The van der Waals surface area contributed by atoms with Crippen molar-refractivity contribution in [2.24, 2.45) is 0 Å². The van der Waals surface area contributed by atoms with Crippen LogP contribution in [0.25, 0.3) is 0 Å². The molecule has 1 amide bonds. The van der Waals surface area contributed by atoms with E-state index in [-0.39, 0.29) is 18.5 Å². The molecule has 7 nitrogen and oxygen atoms in total. The van der Waals surface area contributed by atoms with Gasteiger partial charge in [-0.1, -0.05) is 23.2 Å². The van der Waals surface area contributed by atoms with Crippen molar-refractivity contribution in [3.8, 4) is 5.75 Å². The van der Waals surface area contributed by atoms with Crippen LogP contribution in [0, 0.1) is 0 Å². The summed E-state index contributed by atoms with van der Waals surface area (Å²) < 4.78 is 16.5. The van der Waals surface area contributed by atoms with Gasteiger partial charge in [-0.3, -0.25) is 15.6 Å². The van der Waals surface area contributed by atoms with Crippen molar-refractivity contribution in [2.75, 3.05) is 13.2 Å². The number of halogens is 2. The molecule has 0 radical (unpaired) electrons. The van der Waals surface area contributed by atoms with E-state index in [1.807, 2.05) is 0 Å². The fourth-order valence-corrected chi connectivity index (χ4v) is 3.01. The Morgan fingerprint density at radius 3 is 2.89 bits per heavy atom. The molecule has 2 heterocycles. The van der Waals surface area contributed by atoms with Crippen LogP contribution < -0.4 is 20.9 Å². The van der Waals surface area contributed by atoms with Gasteiger partial charge in [-0.05, 0) is 49.3 Å². The average Bonchev–Trinajstić information content (AvgIpc) is 3.37. The first kappa shape index (κ1) is 20.7. The van der Waals surface area contributed by atoms with E-state index in [0.29, 0.717) is 33.2 Å². The van der Waals surface area contributed by atoms with E-state index in [0.717, 1.165) is 19.4 Å². The molecule has 1 aromatic carbocycles. The van der Waals surface area contributed by atoms with Crippen LogP contribution in [-0.4, -0.2) is 30.3 Å². The molecule has 1 unspecified atom stereocenters. The van der Waals surface area contributed by atoms with Crippen molar-refractivity contribution in [3.63, 3.8) is 0 Å². The molecule has 28 heavy (non-hydrogen) atoms. The van der Waals surface area contributed by atoms with Gasteiger partial charge in [0.2, 0.25) is 0 Å². The fraction of sp³-hybridized carbons (Fsp3) is 0.333. The number of ether oxygens (including phenoxy) is 2. The van der Waals surface area contributed by atoms with Crippen LogP contribution in [0.5, 0.6) is 5.75 Å². The van der Waals surface area contributed by atoms with Crippen LogP contribution in [0.1, 0.15) is 29.2 Å². The molecule has 0 spiro atoms. The number of hydrogen-bond donors (Lipinski definition) is 3. The number of furan rings is 1. The number of thiocarbonyl (C=S) groups is 1. The number of carbonyl (C=O) groups excluding carboxylic acids is 1. The van der Waals surface area contributed by atoms with Crippen LogP contribution in [0.15, 0.2) is 34.7 Å². The third kappa shape index (κ3) is 6.00. The lowest BCUT2D eigenvalue weighted by molar-refractivity contribution is 0.0911. The highest BCUT2D eigenvalue weighted by molar-refractivity contribution is 7.80. The maximum atomic E-state index is 12.1. The standard InChI is InChI=1S/C18H19Cl2N3O4S/c19-11-3-5-14(20)16(8-11)26-10-13-4-6-15(27-13)17(24)22-23-18(28)21-9-12-2-1-7-25-12/h3-6,8,12H,1-2,7,9-10H2,(H,22,24)(H2,21,23,28). The Balaban J connectivity index is 1.43. The van der Waals surface area contributed by atoms with E-state index in [1.165, 1.54) is 6.07 Å². The zero-order chi connectivity index (χ0) is 19.9. The topological polar surface area (TPSA) is 84.8 Å². The monoisotopic (exact) mass is 443 g/mol. The molecule has 150 valence electrons. The Hall–Kier alpha value is -2.00. The first-order valence-electron chi connectivity index (χ1n) is 8.63. The Morgan fingerprint density at radius 2 is 2.11 bits per heavy atom. The molecule has 1 aromatic heterocycles. The predicted octanol–water partition coefficient (Wildman–Crippen LogP) is 3.45. The summed E-state index contributed by atoms with van der Waals surface area (Å²) in [6.07, 6.45) is 2.20.